The number of nitrogens with one attached hydrogen (secondary N) is 3. The first-order chi connectivity index (χ1) is 12.7. The van der Waals surface area contributed by atoms with Crippen LogP contribution in [-0.4, -0.2) is 62.5 Å². The molecule has 1 saturated heterocycles. The number of hydrogen-bond acceptors (Lipinski definition) is 4. The fourth-order valence-electron chi connectivity index (χ4n) is 3.21. The minimum absolute atomic E-state index is 0. The summed E-state index contributed by atoms with van der Waals surface area (Å²) < 4.78 is 0. The number of piperazine rings is 1. The van der Waals surface area contributed by atoms with E-state index >= 15 is 0 Å². The number of hydrogen-bond donors (Lipinski definition) is 3. The molecule has 1 fully saturated rings. The van der Waals surface area contributed by atoms with Crippen molar-refractivity contribution in [3.8, 4) is 0 Å². The third-order valence-electron chi connectivity index (χ3n) is 4.64. The van der Waals surface area contributed by atoms with E-state index in [0.717, 1.165) is 49.1 Å². The van der Waals surface area contributed by atoms with E-state index in [1.54, 1.807) is 0 Å². The molecule has 0 bridgehead atoms. The van der Waals surface area contributed by atoms with Crippen LogP contribution in [0, 0.1) is 0 Å². The van der Waals surface area contributed by atoms with Crippen LogP contribution in [0.3, 0.4) is 0 Å². The molecule has 1 aliphatic heterocycles. The van der Waals surface area contributed by atoms with Crippen molar-refractivity contribution < 1.29 is 9.59 Å². The molecule has 3 rings (SSSR count). The lowest BCUT2D eigenvalue weighted by molar-refractivity contribution is -0.125. The standard InChI is InChI=1S/C20H26N4O2.ClH/c25-19(14-17-6-3-5-16-4-1-2-7-18(16)17)23-15-20(26)22-10-13-24-11-8-21-9-12-24;/h1-7,21H,8-15H2,(H,22,26)(H,23,25);1H. The topological polar surface area (TPSA) is 73.5 Å². The van der Waals surface area contributed by atoms with E-state index in [4.69, 9.17) is 0 Å². The summed E-state index contributed by atoms with van der Waals surface area (Å²) in [5.41, 5.74) is 0.972. The Hall–Kier alpha value is -2.15. The molecule has 0 atom stereocenters. The lowest BCUT2D eigenvalue weighted by atomic mass is 10.0. The molecule has 0 aliphatic carbocycles. The van der Waals surface area contributed by atoms with Crippen molar-refractivity contribution in [3.05, 3.63) is 48.0 Å². The van der Waals surface area contributed by atoms with Gasteiger partial charge in [0.25, 0.3) is 0 Å². The molecule has 0 saturated carbocycles. The van der Waals surface area contributed by atoms with Gasteiger partial charge in [-0.15, -0.1) is 12.4 Å². The zero-order valence-electron chi connectivity index (χ0n) is 15.4. The van der Waals surface area contributed by atoms with Crippen LogP contribution in [-0.2, 0) is 16.0 Å². The summed E-state index contributed by atoms with van der Waals surface area (Å²) in [5, 5.41) is 11.1. The van der Waals surface area contributed by atoms with Crippen LogP contribution in [0.1, 0.15) is 5.56 Å². The third kappa shape index (κ3) is 6.50. The van der Waals surface area contributed by atoms with Gasteiger partial charge in [0.2, 0.25) is 11.8 Å². The lowest BCUT2D eigenvalue weighted by Crippen LogP contribution is -2.47. The van der Waals surface area contributed by atoms with Crippen molar-refractivity contribution in [3.63, 3.8) is 0 Å². The maximum absolute atomic E-state index is 12.2. The zero-order chi connectivity index (χ0) is 18.2. The summed E-state index contributed by atoms with van der Waals surface area (Å²) in [6.45, 7) is 5.49. The number of carbonyl (C=O) groups is 2. The molecular formula is C20H27ClN4O2. The Bertz CT molecular complexity index is 757. The molecule has 0 spiro atoms. The van der Waals surface area contributed by atoms with E-state index in [-0.39, 0.29) is 37.2 Å². The predicted octanol–water partition coefficient (Wildman–Crippen LogP) is 0.942. The van der Waals surface area contributed by atoms with Gasteiger partial charge in [-0.3, -0.25) is 14.5 Å². The average Bonchev–Trinajstić information content (AvgIpc) is 2.67. The average molecular weight is 391 g/mol. The van der Waals surface area contributed by atoms with Gasteiger partial charge in [0.05, 0.1) is 13.0 Å². The van der Waals surface area contributed by atoms with Crippen LogP contribution in [0.25, 0.3) is 10.8 Å². The van der Waals surface area contributed by atoms with Gasteiger partial charge in [-0.05, 0) is 16.3 Å². The van der Waals surface area contributed by atoms with Crippen molar-refractivity contribution in [2.24, 2.45) is 0 Å². The minimum Gasteiger partial charge on any atom is -0.353 e. The Morgan fingerprint density at radius 1 is 0.963 bits per heavy atom. The maximum atomic E-state index is 12.2. The van der Waals surface area contributed by atoms with Crippen molar-refractivity contribution >= 4 is 35.0 Å². The number of nitrogens with zero attached hydrogens (tertiary/aromatic N) is 1. The van der Waals surface area contributed by atoms with Crippen LogP contribution >= 0.6 is 12.4 Å². The Kier molecular flexibility index (Phi) is 8.51. The van der Waals surface area contributed by atoms with Crippen LogP contribution < -0.4 is 16.0 Å². The smallest absolute Gasteiger partial charge is 0.239 e. The summed E-state index contributed by atoms with van der Waals surface area (Å²) in [6, 6.07) is 13.9. The molecule has 0 aromatic heterocycles. The second kappa shape index (κ2) is 10.9. The van der Waals surface area contributed by atoms with E-state index in [2.05, 4.69) is 20.9 Å². The normalized spacial score (nSPS) is 14.4. The van der Waals surface area contributed by atoms with Crippen LogP contribution in [0.2, 0.25) is 0 Å². The zero-order valence-corrected chi connectivity index (χ0v) is 16.2. The molecule has 2 aromatic carbocycles. The Morgan fingerprint density at radius 3 is 2.52 bits per heavy atom. The van der Waals surface area contributed by atoms with Gasteiger partial charge in [-0.2, -0.15) is 0 Å². The highest BCUT2D eigenvalue weighted by molar-refractivity contribution is 5.91. The quantitative estimate of drug-likeness (QED) is 0.658. The molecule has 146 valence electrons. The highest BCUT2D eigenvalue weighted by atomic mass is 35.5. The Morgan fingerprint density at radius 2 is 1.70 bits per heavy atom. The number of fused-ring (bicyclic) bond motifs is 1. The van der Waals surface area contributed by atoms with Crippen LogP contribution in [0.4, 0.5) is 0 Å². The summed E-state index contributed by atoms with van der Waals surface area (Å²) in [6.07, 6.45) is 0.273. The van der Waals surface area contributed by atoms with E-state index in [1.807, 2.05) is 42.5 Å². The lowest BCUT2D eigenvalue weighted by Gasteiger charge is -2.27. The predicted molar refractivity (Wildman–Crippen MR) is 110 cm³/mol. The van der Waals surface area contributed by atoms with Gasteiger partial charge in [0, 0.05) is 39.3 Å². The molecule has 27 heavy (non-hydrogen) atoms. The molecule has 7 heteroatoms. The SMILES string of the molecule is Cl.O=C(CNC(=O)Cc1cccc2ccccc12)NCCN1CCNCC1. The Balaban J connectivity index is 0.00000261. The molecule has 6 nitrogen and oxygen atoms in total. The maximum Gasteiger partial charge on any atom is 0.239 e. The van der Waals surface area contributed by atoms with Crippen LogP contribution in [0.15, 0.2) is 42.5 Å². The van der Waals surface area contributed by atoms with E-state index < -0.39 is 0 Å². The monoisotopic (exact) mass is 390 g/mol. The van der Waals surface area contributed by atoms with Gasteiger partial charge in [-0.25, -0.2) is 0 Å². The van der Waals surface area contributed by atoms with Crippen molar-refractivity contribution in [1.29, 1.82) is 0 Å². The van der Waals surface area contributed by atoms with Crippen molar-refractivity contribution in [1.82, 2.24) is 20.9 Å². The number of rotatable bonds is 7. The number of amides is 2. The molecule has 1 heterocycles. The Labute approximate surface area is 166 Å². The first-order valence-electron chi connectivity index (χ1n) is 9.15. The molecule has 0 radical (unpaired) electrons. The van der Waals surface area contributed by atoms with Crippen molar-refractivity contribution in [2.75, 3.05) is 45.8 Å². The van der Waals surface area contributed by atoms with E-state index in [0.29, 0.717) is 6.54 Å². The fraction of sp³-hybridized carbons (Fsp3) is 0.400. The highest BCUT2D eigenvalue weighted by Gasteiger charge is 2.11. The molecule has 1 aliphatic rings. The van der Waals surface area contributed by atoms with Gasteiger partial charge in [0.1, 0.15) is 0 Å². The largest absolute Gasteiger partial charge is 0.353 e. The second-order valence-electron chi connectivity index (χ2n) is 6.53. The van der Waals surface area contributed by atoms with Gasteiger partial charge >= 0.3 is 0 Å². The van der Waals surface area contributed by atoms with Gasteiger partial charge < -0.3 is 16.0 Å². The van der Waals surface area contributed by atoms with Crippen LogP contribution in [0.5, 0.6) is 0 Å². The first-order valence-corrected chi connectivity index (χ1v) is 9.15. The van der Waals surface area contributed by atoms with Crippen molar-refractivity contribution in [2.45, 2.75) is 6.42 Å². The number of benzene rings is 2. The second-order valence-corrected chi connectivity index (χ2v) is 6.53. The summed E-state index contributed by atoms with van der Waals surface area (Å²) in [5.74, 6) is -0.287. The number of halogens is 1. The molecule has 2 aromatic rings. The molecule has 0 unspecified atom stereocenters. The summed E-state index contributed by atoms with van der Waals surface area (Å²) >= 11 is 0. The molecule has 2 amide bonds. The first kappa shape index (κ1) is 21.2. The molecule has 3 N–H and O–H groups in total. The summed E-state index contributed by atoms with van der Waals surface area (Å²) in [4.78, 5) is 26.4. The number of carbonyl (C=O) groups excluding carboxylic acids is 2. The van der Waals surface area contributed by atoms with Gasteiger partial charge in [-0.1, -0.05) is 42.5 Å². The van der Waals surface area contributed by atoms with Gasteiger partial charge in [0.15, 0.2) is 0 Å². The van der Waals surface area contributed by atoms with E-state index in [9.17, 15) is 9.59 Å². The molecular weight excluding hydrogens is 364 g/mol. The van der Waals surface area contributed by atoms with E-state index in [1.165, 1.54) is 0 Å². The summed E-state index contributed by atoms with van der Waals surface area (Å²) in [7, 11) is 0. The third-order valence-corrected chi connectivity index (χ3v) is 4.64. The highest BCUT2D eigenvalue weighted by Crippen LogP contribution is 2.18. The fourth-order valence-corrected chi connectivity index (χ4v) is 3.21. The minimum atomic E-state index is -0.147.